The van der Waals surface area contributed by atoms with Gasteiger partial charge in [-0.1, -0.05) is 6.07 Å². The molecule has 0 radical (unpaired) electrons. The zero-order valence-corrected chi connectivity index (χ0v) is 21.1. The number of rotatable bonds is 9. The van der Waals surface area contributed by atoms with Crippen LogP contribution < -0.4 is 22.3 Å². The molecule has 2 aromatic rings. The number of non-ortho nitro benzene ring substituents is 1. The lowest BCUT2D eigenvalue weighted by atomic mass is 10.0. The molecule has 2 aliphatic heterocycles. The van der Waals surface area contributed by atoms with Crippen LogP contribution in [0.3, 0.4) is 0 Å². The zero-order chi connectivity index (χ0) is 30.0. The Balaban J connectivity index is 1.54. The van der Waals surface area contributed by atoms with Crippen LogP contribution in [-0.2, 0) is 28.5 Å². The minimum atomic E-state index is -1.90. The van der Waals surface area contributed by atoms with E-state index in [4.69, 9.17) is 24.7 Å². The van der Waals surface area contributed by atoms with Crippen molar-refractivity contribution in [1.82, 2.24) is 9.55 Å². The normalized spacial score (nSPS) is 28.3. The average molecular weight is 579 g/mol. The van der Waals surface area contributed by atoms with Crippen molar-refractivity contribution in [2.24, 2.45) is 5.73 Å². The van der Waals surface area contributed by atoms with Crippen LogP contribution in [0.25, 0.3) is 0 Å². The van der Waals surface area contributed by atoms with Crippen molar-refractivity contribution in [2.75, 3.05) is 12.4 Å². The summed E-state index contributed by atoms with van der Waals surface area (Å²) in [4.78, 5) is 61.2. The third-order valence-corrected chi connectivity index (χ3v) is 6.24. The number of nitrogens with one attached hydrogen (secondary N) is 2. The van der Waals surface area contributed by atoms with E-state index in [0.717, 1.165) is 36.1 Å². The van der Waals surface area contributed by atoms with Crippen molar-refractivity contribution in [3.8, 4) is 0 Å². The van der Waals surface area contributed by atoms with Crippen LogP contribution in [0.1, 0.15) is 6.23 Å². The molecular formula is C23H25N5O13. The first kappa shape index (κ1) is 29.5. The summed E-state index contributed by atoms with van der Waals surface area (Å²) in [5.74, 6) is -2.75. The number of carbonyl (C=O) groups excluding carboxylic acids is 2. The maximum Gasteiger partial charge on any atom is 0.330 e. The van der Waals surface area contributed by atoms with Gasteiger partial charge in [0.25, 0.3) is 17.2 Å². The summed E-state index contributed by atoms with van der Waals surface area (Å²) in [7, 11) is 1.16. The molecule has 220 valence electrons. The number of hydrogen-bond acceptors (Lipinski definition) is 13. The number of nitro benzene ring substituents is 1. The van der Waals surface area contributed by atoms with E-state index in [1.807, 2.05) is 4.98 Å². The van der Waals surface area contributed by atoms with Gasteiger partial charge >= 0.3 is 5.69 Å². The summed E-state index contributed by atoms with van der Waals surface area (Å²) in [5, 5.41) is 44.9. The number of aliphatic hydroxyl groups excluding tert-OH is 3. The molecule has 41 heavy (non-hydrogen) atoms. The number of aromatic amines is 1. The lowest BCUT2D eigenvalue weighted by Crippen LogP contribution is -2.53. The highest BCUT2D eigenvalue weighted by molar-refractivity contribution is 6.02. The molecule has 1 aromatic heterocycles. The molecule has 1 saturated heterocycles. The van der Waals surface area contributed by atoms with Gasteiger partial charge in [0.2, 0.25) is 12.2 Å². The molecule has 3 heterocycles. The van der Waals surface area contributed by atoms with E-state index in [1.165, 1.54) is 18.2 Å². The van der Waals surface area contributed by atoms with Crippen LogP contribution in [-0.4, -0.2) is 91.6 Å². The predicted octanol–water partition coefficient (Wildman–Crippen LogP) is -2.81. The first-order valence-electron chi connectivity index (χ1n) is 11.8. The van der Waals surface area contributed by atoms with Crippen molar-refractivity contribution in [2.45, 2.75) is 49.1 Å². The van der Waals surface area contributed by atoms with Crippen LogP contribution in [0.15, 0.2) is 58.0 Å². The number of primary amides is 1. The summed E-state index contributed by atoms with van der Waals surface area (Å²) >= 11 is 0. The lowest BCUT2D eigenvalue weighted by molar-refractivity contribution is -0.384. The van der Waals surface area contributed by atoms with E-state index >= 15 is 0 Å². The number of anilines is 1. The Kier molecular flexibility index (Phi) is 8.61. The maximum atomic E-state index is 12.8. The van der Waals surface area contributed by atoms with Crippen LogP contribution in [0, 0.1) is 10.1 Å². The number of benzene rings is 1. The van der Waals surface area contributed by atoms with Gasteiger partial charge in [0.15, 0.2) is 18.1 Å². The molecule has 0 spiro atoms. The van der Waals surface area contributed by atoms with Gasteiger partial charge < -0.3 is 45.3 Å². The van der Waals surface area contributed by atoms with E-state index in [0.29, 0.717) is 0 Å². The van der Waals surface area contributed by atoms with Crippen LogP contribution in [0.2, 0.25) is 0 Å². The van der Waals surface area contributed by atoms with Crippen LogP contribution >= 0.6 is 0 Å². The highest BCUT2D eigenvalue weighted by Crippen LogP contribution is 2.34. The summed E-state index contributed by atoms with van der Waals surface area (Å²) in [5.41, 5.74) is 3.56. The largest absolute Gasteiger partial charge is 0.456 e. The van der Waals surface area contributed by atoms with E-state index in [2.05, 4.69) is 5.32 Å². The Bertz CT molecular complexity index is 1470. The molecule has 4 rings (SSSR count). The minimum absolute atomic E-state index is 0.0154. The molecule has 0 bridgehead atoms. The van der Waals surface area contributed by atoms with Crippen molar-refractivity contribution in [1.29, 1.82) is 0 Å². The third-order valence-electron chi connectivity index (χ3n) is 6.24. The maximum absolute atomic E-state index is 12.8. The third kappa shape index (κ3) is 6.16. The number of H-pyrrole nitrogens is 1. The van der Waals surface area contributed by atoms with Gasteiger partial charge in [-0.25, -0.2) is 4.79 Å². The topological polar surface area (TPSA) is 268 Å². The molecule has 1 fully saturated rings. The Hall–Kier alpha value is -4.46. The highest BCUT2D eigenvalue weighted by Gasteiger charge is 2.52. The van der Waals surface area contributed by atoms with Gasteiger partial charge in [-0.2, -0.15) is 0 Å². The molecule has 18 heteroatoms. The fraction of sp³-hybridized carbons (Fsp3) is 0.391. The second-order valence-corrected chi connectivity index (χ2v) is 8.92. The SMILES string of the molecule is CO[C@H]1[C@@H](O)[C@H](n2ccc(=O)[nH]c2=O)O[C@@H]1[C@@H](O[C@H]1OC(C(=O)Nc2cccc([N+](=O)[O-])c2)=C[C@H](O)[C@@H]1O)C(N)=O. The summed E-state index contributed by atoms with van der Waals surface area (Å²) in [6.45, 7) is 0. The van der Waals surface area contributed by atoms with Gasteiger partial charge in [-0.15, -0.1) is 0 Å². The Morgan fingerprint density at radius 3 is 2.59 bits per heavy atom. The number of methoxy groups -OCH3 is 1. The quantitative estimate of drug-likeness (QED) is 0.129. The van der Waals surface area contributed by atoms with Crippen molar-refractivity contribution >= 4 is 23.2 Å². The van der Waals surface area contributed by atoms with E-state index < -0.39 is 82.9 Å². The summed E-state index contributed by atoms with van der Waals surface area (Å²) < 4.78 is 22.7. The molecule has 2 amide bonds. The number of aromatic nitrogens is 2. The van der Waals surface area contributed by atoms with E-state index in [-0.39, 0.29) is 11.4 Å². The number of aliphatic hydroxyl groups is 3. The monoisotopic (exact) mass is 579 g/mol. The molecule has 1 aromatic carbocycles. The molecule has 8 atom stereocenters. The molecule has 0 unspecified atom stereocenters. The van der Waals surface area contributed by atoms with Gasteiger partial charge in [-0.3, -0.25) is 34.0 Å². The summed E-state index contributed by atoms with van der Waals surface area (Å²) in [6, 6.07) is 5.94. The van der Waals surface area contributed by atoms with Gasteiger partial charge in [-0.05, 0) is 12.1 Å². The lowest BCUT2D eigenvalue weighted by Gasteiger charge is -2.35. The second-order valence-electron chi connectivity index (χ2n) is 8.92. The molecule has 0 saturated carbocycles. The van der Waals surface area contributed by atoms with Crippen molar-refractivity contribution in [3.63, 3.8) is 0 Å². The van der Waals surface area contributed by atoms with Crippen molar-refractivity contribution < 1.29 is 48.8 Å². The Morgan fingerprint density at radius 1 is 1.22 bits per heavy atom. The summed E-state index contributed by atoms with van der Waals surface area (Å²) in [6.07, 6.45) is -11.3. The first-order chi connectivity index (χ1) is 19.4. The number of ether oxygens (including phenoxy) is 4. The van der Waals surface area contributed by atoms with Crippen molar-refractivity contribution in [3.05, 3.63) is 79.3 Å². The minimum Gasteiger partial charge on any atom is -0.456 e. The molecule has 18 nitrogen and oxygen atoms in total. The van der Waals surface area contributed by atoms with E-state index in [9.17, 15) is 44.6 Å². The number of nitrogens with zero attached hydrogens (tertiary/aromatic N) is 2. The smallest absolute Gasteiger partial charge is 0.330 e. The van der Waals surface area contributed by atoms with Crippen LogP contribution in [0.4, 0.5) is 11.4 Å². The second kappa shape index (κ2) is 12.0. The van der Waals surface area contributed by atoms with Gasteiger partial charge in [0, 0.05) is 37.2 Å². The van der Waals surface area contributed by atoms with E-state index in [1.54, 1.807) is 0 Å². The molecule has 2 aliphatic rings. The van der Waals surface area contributed by atoms with Gasteiger partial charge in [0.1, 0.15) is 30.5 Å². The number of carbonyl (C=O) groups is 2. The number of nitro groups is 1. The predicted molar refractivity (Wildman–Crippen MR) is 133 cm³/mol. The van der Waals surface area contributed by atoms with Crippen LogP contribution in [0.5, 0.6) is 0 Å². The Labute approximate surface area is 228 Å². The average Bonchev–Trinajstić information content (AvgIpc) is 3.24. The molecule has 0 aliphatic carbocycles. The fourth-order valence-electron chi connectivity index (χ4n) is 4.28. The molecular weight excluding hydrogens is 554 g/mol. The number of hydrogen-bond donors (Lipinski definition) is 6. The first-order valence-corrected chi connectivity index (χ1v) is 11.8. The highest BCUT2D eigenvalue weighted by atomic mass is 16.7. The van der Waals surface area contributed by atoms with Gasteiger partial charge in [0.05, 0.1) is 4.92 Å². The standard InChI is InChI=1S/C23H25N5O13/c1-38-16-15(32)21(27-6-5-13(30)26-23(27)35)40-17(16)18(19(24)33)41-22-14(31)11(29)8-12(39-22)20(34)25-9-3-2-4-10(7-9)28(36)37/h2-8,11,14-18,21-22,29,31-32H,1H3,(H2,24,33)(H,25,34)(H,26,30,35)/t11-,14-,15+,16-,17-,18+,21+,22+/m0/s1. The number of amides is 2. The fourth-order valence-corrected chi connectivity index (χ4v) is 4.28. The Morgan fingerprint density at radius 2 is 1.95 bits per heavy atom. The number of nitrogens with two attached hydrogens (primary N) is 1. The zero-order valence-electron chi connectivity index (χ0n) is 21.1. The molecule has 7 N–H and O–H groups in total.